The molecule has 0 bridgehead atoms. The quantitative estimate of drug-likeness (QED) is 0.398. The molecule has 0 aliphatic carbocycles. The Morgan fingerprint density at radius 1 is 0.903 bits per heavy atom. The Labute approximate surface area is 185 Å². The minimum atomic E-state index is 0.107. The van der Waals surface area contributed by atoms with E-state index >= 15 is 0 Å². The summed E-state index contributed by atoms with van der Waals surface area (Å²) >= 11 is 0. The van der Waals surface area contributed by atoms with Crippen LogP contribution >= 0.6 is 0 Å². The fraction of sp³-hybridized carbons (Fsp3) is 0.370. The Bertz CT molecular complexity index is 1150. The third-order valence-electron chi connectivity index (χ3n) is 6.87. The summed E-state index contributed by atoms with van der Waals surface area (Å²) in [7, 11) is 0. The number of hydrogen-bond donors (Lipinski definition) is 0. The molecule has 0 amide bonds. The molecule has 4 nitrogen and oxygen atoms in total. The van der Waals surface area contributed by atoms with Gasteiger partial charge in [-0.15, -0.1) is 0 Å². The summed E-state index contributed by atoms with van der Waals surface area (Å²) in [5.74, 6) is 0. The molecule has 2 aromatic rings. The highest BCUT2D eigenvalue weighted by Gasteiger charge is 2.39. The van der Waals surface area contributed by atoms with Gasteiger partial charge >= 0.3 is 0 Å². The Balaban J connectivity index is 1.87. The third-order valence-corrected chi connectivity index (χ3v) is 6.87. The number of hydrogen-bond acceptors (Lipinski definition) is 2. The van der Waals surface area contributed by atoms with Gasteiger partial charge in [0.15, 0.2) is 11.4 Å². The van der Waals surface area contributed by atoms with Crippen LogP contribution in [0.3, 0.4) is 0 Å². The second kappa shape index (κ2) is 7.30. The van der Waals surface area contributed by atoms with Crippen LogP contribution in [0.1, 0.15) is 68.4 Å². The van der Waals surface area contributed by atoms with Crippen LogP contribution < -0.4 is 4.90 Å². The zero-order chi connectivity index (χ0) is 22.4. The van der Waals surface area contributed by atoms with Crippen LogP contribution in [-0.2, 0) is 10.8 Å². The number of anilines is 1. The Morgan fingerprint density at radius 3 is 1.87 bits per heavy atom. The topological polar surface area (TPSA) is 35.8 Å². The Kier molecular flexibility index (Phi) is 4.88. The van der Waals surface area contributed by atoms with E-state index < -0.39 is 0 Å². The van der Waals surface area contributed by atoms with Gasteiger partial charge in [0, 0.05) is 24.3 Å². The van der Waals surface area contributed by atoms with Gasteiger partial charge in [0.1, 0.15) is 0 Å². The fourth-order valence-corrected chi connectivity index (χ4v) is 4.78. The molecule has 0 aromatic heterocycles. The molecule has 0 fully saturated rings. The van der Waals surface area contributed by atoms with Crippen LogP contribution in [0.2, 0.25) is 0 Å². The molecule has 4 rings (SSSR count). The summed E-state index contributed by atoms with van der Waals surface area (Å²) in [4.78, 5) is 9.68. The zero-order valence-electron chi connectivity index (χ0n) is 18.6. The lowest BCUT2D eigenvalue weighted by Gasteiger charge is -2.48. The number of benzene rings is 2. The van der Waals surface area contributed by atoms with Crippen molar-refractivity contribution in [2.24, 2.45) is 0 Å². The molecule has 0 radical (unpaired) electrons. The number of rotatable bonds is 2. The maximum atomic E-state index is 9.19. The summed E-state index contributed by atoms with van der Waals surface area (Å²) in [5, 5.41) is 9.19. The third kappa shape index (κ3) is 3.48. The average molecular weight is 407 g/mol. The van der Waals surface area contributed by atoms with Crippen molar-refractivity contribution in [2.45, 2.75) is 51.4 Å². The number of nitriles is 1. The van der Waals surface area contributed by atoms with E-state index in [9.17, 15) is 5.26 Å². The summed E-state index contributed by atoms with van der Waals surface area (Å²) < 4.78 is 0. The van der Waals surface area contributed by atoms with Gasteiger partial charge in [0.05, 0.1) is 19.2 Å². The lowest BCUT2D eigenvalue weighted by Crippen LogP contribution is -2.44. The molecule has 154 valence electrons. The van der Waals surface area contributed by atoms with E-state index in [1.807, 2.05) is 18.2 Å². The van der Waals surface area contributed by atoms with Crippen LogP contribution in [0.15, 0.2) is 24.3 Å². The van der Waals surface area contributed by atoms with E-state index in [-0.39, 0.29) is 10.8 Å². The van der Waals surface area contributed by atoms with E-state index in [2.05, 4.69) is 54.4 Å². The first-order valence-electron chi connectivity index (χ1n) is 10.7. The van der Waals surface area contributed by atoms with Crippen LogP contribution in [0.4, 0.5) is 17.1 Å². The van der Waals surface area contributed by atoms with Gasteiger partial charge < -0.3 is 4.90 Å². The van der Waals surface area contributed by atoms with Crippen LogP contribution in [-0.4, -0.2) is 13.1 Å². The Morgan fingerprint density at radius 2 is 1.42 bits per heavy atom. The molecular formula is C27H26N4. The summed E-state index contributed by atoms with van der Waals surface area (Å²) in [6.45, 7) is 26.5. The second-order valence-corrected chi connectivity index (χ2v) is 9.82. The summed E-state index contributed by atoms with van der Waals surface area (Å²) in [6, 6.07) is 9.71. The molecule has 0 saturated heterocycles. The van der Waals surface area contributed by atoms with Gasteiger partial charge in [-0.05, 0) is 70.2 Å². The van der Waals surface area contributed by atoms with E-state index in [1.54, 1.807) is 12.1 Å². The van der Waals surface area contributed by atoms with Crippen molar-refractivity contribution in [3.05, 3.63) is 74.9 Å². The first-order valence-corrected chi connectivity index (χ1v) is 10.7. The fourth-order valence-electron chi connectivity index (χ4n) is 4.78. The predicted octanol–water partition coefficient (Wildman–Crippen LogP) is 7.00. The molecule has 0 N–H and O–H groups in total. The largest absolute Gasteiger partial charge is 0.371 e. The highest BCUT2D eigenvalue weighted by atomic mass is 15.2. The number of nitrogens with zero attached hydrogens (tertiary/aromatic N) is 4. The van der Waals surface area contributed by atoms with Crippen molar-refractivity contribution in [3.63, 3.8) is 0 Å². The average Bonchev–Trinajstić information content (AvgIpc) is 2.75. The molecule has 0 spiro atoms. The van der Waals surface area contributed by atoms with Crippen molar-refractivity contribution >= 4 is 29.2 Å². The molecule has 0 saturated carbocycles. The summed E-state index contributed by atoms with van der Waals surface area (Å²) in [6.07, 6.45) is 6.14. The van der Waals surface area contributed by atoms with E-state index in [0.29, 0.717) is 22.5 Å². The minimum Gasteiger partial charge on any atom is -0.371 e. The second-order valence-electron chi connectivity index (χ2n) is 9.82. The maximum Gasteiger partial charge on any atom is 0.185 e. The van der Waals surface area contributed by atoms with Gasteiger partial charge in [0.2, 0.25) is 0 Å². The van der Waals surface area contributed by atoms with Crippen molar-refractivity contribution < 1.29 is 0 Å². The molecule has 4 heteroatoms. The summed E-state index contributed by atoms with van der Waals surface area (Å²) in [5.41, 5.74) is 7.09. The van der Waals surface area contributed by atoms with Gasteiger partial charge in [-0.25, -0.2) is 9.69 Å². The van der Waals surface area contributed by atoms with E-state index in [4.69, 9.17) is 13.1 Å². The van der Waals surface area contributed by atoms with Gasteiger partial charge in [-0.3, -0.25) is 0 Å². The van der Waals surface area contributed by atoms with Gasteiger partial charge in [-0.2, -0.15) is 5.26 Å². The van der Waals surface area contributed by atoms with Crippen LogP contribution in [0, 0.1) is 24.5 Å². The molecule has 2 aliphatic heterocycles. The first kappa shape index (κ1) is 20.7. The van der Waals surface area contributed by atoms with Crippen molar-refractivity contribution in [1.82, 2.24) is 0 Å². The van der Waals surface area contributed by atoms with Crippen LogP contribution in [0.5, 0.6) is 0 Å². The monoisotopic (exact) mass is 406 g/mol. The van der Waals surface area contributed by atoms with E-state index in [1.165, 1.54) is 16.8 Å². The molecular weight excluding hydrogens is 380 g/mol. The van der Waals surface area contributed by atoms with Crippen molar-refractivity contribution in [3.8, 4) is 6.07 Å². The highest BCUT2D eigenvalue weighted by molar-refractivity contribution is 5.87. The molecule has 31 heavy (non-hydrogen) atoms. The molecule has 2 aromatic carbocycles. The Hall–Kier alpha value is -3.55. The molecule has 2 aliphatic rings. The smallest absolute Gasteiger partial charge is 0.185 e. The maximum absolute atomic E-state index is 9.19. The lowest BCUT2D eigenvalue weighted by atomic mass is 9.69. The van der Waals surface area contributed by atoms with Crippen molar-refractivity contribution in [2.75, 3.05) is 18.0 Å². The zero-order valence-corrected chi connectivity index (χ0v) is 18.6. The minimum absolute atomic E-state index is 0.107. The van der Waals surface area contributed by atoms with Gasteiger partial charge in [-0.1, -0.05) is 39.8 Å². The first-order chi connectivity index (χ1) is 14.7. The molecule has 0 atom stereocenters. The van der Waals surface area contributed by atoms with Crippen molar-refractivity contribution in [1.29, 1.82) is 5.26 Å². The normalized spacial score (nSPS) is 18.0. The molecule has 0 unspecified atom stereocenters. The SMILES string of the molecule is [C-]#[N+]c1cc(C#N)cc([N+]#[C-])c1C=Cc1cc2c3c(c1)C(C)(C)CCN3CCC2(C)C. The highest BCUT2D eigenvalue weighted by Crippen LogP contribution is 2.49. The van der Waals surface area contributed by atoms with Crippen LogP contribution in [0.25, 0.3) is 21.8 Å². The van der Waals surface area contributed by atoms with Gasteiger partial charge in [0.25, 0.3) is 0 Å². The predicted molar refractivity (Wildman–Crippen MR) is 127 cm³/mol. The van der Waals surface area contributed by atoms with E-state index in [0.717, 1.165) is 31.5 Å². The lowest BCUT2D eigenvalue weighted by molar-refractivity contribution is 0.401. The molecule has 2 heterocycles. The standard InChI is InChI=1S/C27H26N4/c1-26(2)9-11-31-12-10-27(3,4)22-14-18(13-21(26)25(22)31)7-8-20-23(29-5)15-19(17-28)16-24(20)30-6/h7-8,13-16H,9-12H2,1-4H3.